The molecule has 0 saturated heterocycles. The lowest BCUT2D eigenvalue weighted by Gasteiger charge is -2.06. The molecule has 5 aromatic rings. The van der Waals surface area contributed by atoms with Crippen molar-refractivity contribution in [2.45, 2.75) is 26.6 Å². The summed E-state index contributed by atoms with van der Waals surface area (Å²) in [6.45, 7) is -0.166. The fourth-order valence-corrected chi connectivity index (χ4v) is 3.81. The second-order valence-corrected chi connectivity index (χ2v) is 7.37. The molecule has 2 aromatic carbocycles. The van der Waals surface area contributed by atoms with E-state index in [0.29, 0.717) is 11.3 Å². The fraction of sp³-hybridized carbons (Fsp3) is 0.154. The van der Waals surface area contributed by atoms with Gasteiger partial charge < -0.3 is 4.42 Å². The van der Waals surface area contributed by atoms with E-state index in [4.69, 9.17) is 8.53 Å². The van der Waals surface area contributed by atoms with Crippen molar-refractivity contribution in [1.82, 2.24) is 9.97 Å². The maximum absolute atomic E-state index is 7.62. The van der Waals surface area contributed by atoms with Crippen LogP contribution in [-0.2, 0) is 12.8 Å². The normalized spacial score (nSPS) is 13.3. The van der Waals surface area contributed by atoms with Crippen molar-refractivity contribution in [2.75, 3.05) is 0 Å². The lowest BCUT2D eigenvalue weighted by Crippen LogP contribution is -1.94. The number of pyridine rings is 2. The summed E-state index contributed by atoms with van der Waals surface area (Å²) in [5, 5.41) is 1.69. The Balaban J connectivity index is 1.52. The van der Waals surface area contributed by atoms with Gasteiger partial charge in [0.2, 0.25) is 5.71 Å². The molecule has 29 heavy (non-hydrogen) atoms. The molecule has 5 rings (SSSR count). The van der Waals surface area contributed by atoms with Crippen LogP contribution >= 0.6 is 0 Å². The first-order valence-corrected chi connectivity index (χ1v) is 9.72. The molecule has 0 bridgehead atoms. The highest BCUT2D eigenvalue weighted by Gasteiger charge is 2.14. The first-order valence-electron chi connectivity index (χ1n) is 11.2. The Hall–Kier alpha value is -3.46. The zero-order chi connectivity index (χ0) is 22.3. The average molecular weight is 381 g/mol. The average Bonchev–Trinajstić information content (AvgIpc) is 3.15. The highest BCUT2D eigenvalue weighted by atomic mass is 16.3. The highest BCUT2D eigenvalue weighted by molar-refractivity contribution is 6.08. The molecule has 3 nitrogen and oxygen atoms in total. The molecule has 0 saturated carbocycles. The van der Waals surface area contributed by atoms with Gasteiger partial charge in [-0.05, 0) is 68.1 Å². The van der Waals surface area contributed by atoms with Gasteiger partial charge in [0.1, 0.15) is 5.58 Å². The van der Waals surface area contributed by atoms with Gasteiger partial charge in [-0.15, -0.1) is 0 Å². The van der Waals surface area contributed by atoms with Crippen molar-refractivity contribution in [2.24, 2.45) is 0 Å². The molecule has 0 fully saturated rings. The Morgan fingerprint density at radius 1 is 0.897 bits per heavy atom. The molecule has 3 aromatic heterocycles. The summed E-state index contributed by atoms with van der Waals surface area (Å²) in [6, 6.07) is 21.9. The summed E-state index contributed by atoms with van der Waals surface area (Å²) in [4.78, 5) is 8.84. The molecule has 0 N–H and O–H groups in total. The van der Waals surface area contributed by atoms with Crippen LogP contribution in [0.2, 0.25) is 0 Å². The van der Waals surface area contributed by atoms with Gasteiger partial charge in [0, 0.05) is 32.3 Å². The lowest BCUT2D eigenvalue weighted by molar-refractivity contribution is 0.653. The van der Waals surface area contributed by atoms with Gasteiger partial charge >= 0.3 is 0 Å². The molecule has 0 unspecified atom stereocenters. The predicted octanol–water partition coefficient (Wildman–Crippen LogP) is 6.45. The van der Waals surface area contributed by atoms with Crippen LogP contribution in [-0.4, -0.2) is 9.97 Å². The van der Waals surface area contributed by atoms with Gasteiger partial charge in [-0.25, -0.2) is 4.98 Å². The number of para-hydroxylation sites is 1. The molecule has 0 atom stereocenters. The van der Waals surface area contributed by atoms with Crippen molar-refractivity contribution >= 4 is 22.1 Å². The molecule has 0 aliphatic heterocycles. The number of benzene rings is 2. The molecule has 0 aliphatic rings. The number of aromatic nitrogens is 2. The number of hydrogen-bond acceptors (Lipinski definition) is 3. The molecule has 0 spiro atoms. The zero-order valence-electron chi connectivity index (χ0n) is 19.1. The first kappa shape index (κ1) is 14.5. The van der Waals surface area contributed by atoms with Crippen molar-refractivity contribution in [3.63, 3.8) is 0 Å². The molecule has 3 heterocycles. The van der Waals surface area contributed by atoms with Crippen LogP contribution in [0.25, 0.3) is 33.3 Å². The summed E-state index contributed by atoms with van der Waals surface area (Å²) in [5.74, 6) is 0. The van der Waals surface area contributed by atoms with Gasteiger partial charge in [-0.2, -0.15) is 0 Å². The standard InChI is InChI=1S/C26H22N2O/c1-17-5-3-6-19(15-17)10-11-20-13-14-27-24(16-20)23-8-4-7-21-22-12-9-18(2)28-26(22)29-25(21)23/h3-9,12-16H,10-11H2,1-2H3/i2D3. The molecular formula is C26H22N2O. The summed E-state index contributed by atoms with van der Waals surface area (Å²) in [5.41, 5.74) is 6.51. The minimum absolute atomic E-state index is 0.0295. The van der Waals surface area contributed by atoms with Gasteiger partial charge in [-0.1, -0.05) is 42.0 Å². The Kier molecular flexibility index (Phi) is 3.59. The third-order valence-electron chi connectivity index (χ3n) is 5.25. The van der Waals surface area contributed by atoms with Crippen molar-refractivity contribution in [3.8, 4) is 11.3 Å². The topological polar surface area (TPSA) is 38.9 Å². The molecular weight excluding hydrogens is 356 g/mol. The predicted molar refractivity (Wildman–Crippen MR) is 118 cm³/mol. The van der Waals surface area contributed by atoms with Crippen molar-refractivity contribution < 1.29 is 8.53 Å². The number of aryl methyl sites for hydroxylation is 4. The monoisotopic (exact) mass is 381 g/mol. The maximum atomic E-state index is 7.62. The van der Waals surface area contributed by atoms with Gasteiger partial charge in [-0.3, -0.25) is 4.98 Å². The number of furan rings is 1. The van der Waals surface area contributed by atoms with E-state index in [-0.39, 0.29) is 5.69 Å². The quantitative estimate of drug-likeness (QED) is 0.359. The van der Waals surface area contributed by atoms with Gasteiger partial charge in [0.25, 0.3) is 0 Å². The maximum Gasteiger partial charge on any atom is 0.227 e. The first-order chi connectivity index (χ1) is 15.4. The number of hydrogen-bond donors (Lipinski definition) is 0. The zero-order valence-corrected chi connectivity index (χ0v) is 16.1. The summed E-state index contributed by atoms with van der Waals surface area (Å²) in [7, 11) is 0. The van der Waals surface area contributed by atoms with E-state index in [1.165, 1.54) is 16.7 Å². The van der Waals surface area contributed by atoms with Crippen LogP contribution in [0.1, 0.15) is 26.5 Å². The van der Waals surface area contributed by atoms with E-state index in [1.54, 1.807) is 12.1 Å². The largest absolute Gasteiger partial charge is 0.437 e. The summed E-state index contributed by atoms with van der Waals surface area (Å²) >= 11 is 0. The van der Waals surface area contributed by atoms with E-state index < -0.39 is 6.85 Å². The van der Waals surface area contributed by atoms with E-state index >= 15 is 0 Å². The van der Waals surface area contributed by atoms with Gasteiger partial charge in [0.05, 0.1) is 5.69 Å². The highest BCUT2D eigenvalue weighted by Crippen LogP contribution is 2.34. The van der Waals surface area contributed by atoms with Gasteiger partial charge in [0.15, 0.2) is 0 Å². The minimum atomic E-state index is -2.27. The molecule has 3 heteroatoms. The van der Waals surface area contributed by atoms with E-state index in [2.05, 4.69) is 47.2 Å². The summed E-state index contributed by atoms with van der Waals surface area (Å²) in [6.07, 6.45) is 3.70. The number of fused-ring (bicyclic) bond motifs is 3. The Morgan fingerprint density at radius 2 is 1.76 bits per heavy atom. The van der Waals surface area contributed by atoms with E-state index in [0.717, 1.165) is 34.9 Å². The Labute approximate surface area is 174 Å². The molecule has 0 amide bonds. The fourth-order valence-electron chi connectivity index (χ4n) is 3.81. The summed E-state index contributed by atoms with van der Waals surface area (Å²) < 4.78 is 28.9. The second kappa shape index (κ2) is 7.17. The number of nitrogens with zero attached hydrogens (tertiary/aromatic N) is 2. The second-order valence-electron chi connectivity index (χ2n) is 7.37. The molecule has 142 valence electrons. The van der Waals surface area contributed by atoms with Crippen molar-refractivity contribution in [3.05, 3.63) is 95.3 Å². The van der Waals surface area contributed by atoms with Crippen LogP contribution in [0.5, 0.6) is 0 Å². The van der Waals surface area contributed by atoms with Crippen LogP contribution in [0.3, 0.4) is 0 Å². The smallest absolute Gasteiger partial charge is 0.227 e. The van der Waals surface area contributed by atoms with Crippen molar-refractivity contribution in [1.29, 1.82) is 0 Å². The molecule has 0 aliphatic carbocycles. The van der Waals surface area contributed by atoms with Crippen LogP contribution in [0.4, 0.5) is 0 Å². The lowest BCUT2D eigenvalue weighted by atomic mass is 10.0. The Bertz CT molecular complexity index is 1440. The Morgan fingerprint density at radius 3 is 2.62 bits per heavy atom. The molecule has 0 radical (unpaired) electrons. The van der Waals surface area contributed by atoms with Crippen LogP contribution < -0.4 is 0 Å². The third kappa shape index (κ3) is 3.40. The SMILES string of the molecule is [2H]C([2H])([2H])c1ccc2c(n1)oc1c(-c3cc(CCc4cccc(C)c4)ccn3)cccc12. The van der Waals surface area contributed by atoms with Crippen LogP contribution in [0, 0.1) is 13.8 Å². The van der Waals surface area contributed by atoms with Crippen LogP contribution in [0.15, 0.2) is 77.3 Å². The third-order valence-corrected chi connectivity index (χ3v) is 5.25. The minimum Gasteiger partial charge on any atom is -0.437 e. The van der Waals surface area contributed by atoms with E-state index in [9.17, 15) is 0 Å². The van der Waals surface area contributed by atoms with E-state index in [1.807, 2.05) is 30.5 Å². The number of rotatable bonds is 4.